The van der Waals surface area contributed by atoms with Gasteiger partial charge in [-0.1, -0.05) is 32.8 Å². The van der Waals surface area contributed by atoms with Crippen molar-refractivity contribution in [3.8, 4) is 0 Å². The Labute approximate surface area is 107 Å². The van der Waals surface area contributed by atoms with Gasteiger partial charge in [-0.15, -0.1) is 0 Å². The monoisotopic (exact) mass is 250 g/mol. The van der Waals surface area contributed by atoms with Crippen LogP contribution in [0.25, 0.3) is 0 Å². The highest BCUT2D eigenvalue weighted by Gasteiger charge is 2.37. The number of amides is 1. The first kappa shape index (κ1) is 13.0. The fraction of sp³-hybridized carbons (Fsp3) is 0.571. The van der Waals surface area contributed by atoms with Gasteiger partial charge in [0.05, 0.1) is 0 Å². The van der Waals surface area contributed by atoms with E-state index in [2.05, 4.69) is 24.1 Å². The Morgan fingerprint density at radius 1 is 1.44 bits per heavy atom. The largest absolute Gasteiger partial charge is 0.310 e. The molecule has 1 aliphatic carbocycles. The van der Waals surface area contributed by atoms with Crippen LogP contribution in [0.4, 0.5) is 10.2 Å². The van der Waals surface area contributed by atoms with Gasteiger partial charge in [-0.2, -0.15) is 4.39 Å². The first-order chi connectivity index (χ1) is 8.49. The van der Waals surface area contributed by atoms with Crippen molar-refractivity contribution in [1.29, 1.82) is 0 Å². The molecule has 0 bridgehead atoms. The van der Waals surface area contributed by atoms with Crippen LogP contribution in [0.2, 0.25) is 0 Å². The summed E-state index contributed by atoms with van der Waals surface area (Å²) < 4.78 is 12.9. The van der Waals surface area contributed by atoms with Gasteiger partial charge in [-0.05, 0) is 30.4 Å². The van der Waals surface area contributed by atoms with E-state index >= 15 is 0 Å². The van der Waals surface area contributed by atoms with Crippen LogP contribution in [-0.4, -0.2) is 10.9 Å². The van der Waals surface area contributed by atoms with Gasteiger partial charge in [0.25, 0.3) is 0 Å². The Bertz CT molecular complexity index is 445. The Hall–Kier alpha value is -1.45. The molecule has 0 aliphatic heterocycles. The summed E-state index contributed by atoms with van der Waals surface area (Å²) >= 11 is 0. The number of hydrogen-bond acceptors (Lipinski definition) is 2. The summed E-state index contributed by atoms with van der Waals surface area (Å²) in [6.45, 7) is 4.24. The lowest BCUT2D eigenvalue weighted by molar-refractivity contribution is -0.124. The van der Waals surface area contributed by atoms with E-state index in [0.717, 1.165) is 19.3 Å². The second kappa shape index (κ2) is 5.04. The lowest BCUT2D eigenvalue weighted by atomic mass is 9.68. The molecule has 4 heteroatoms. The predicted molar refractivity (Wildman–Crippen MR) is 68.6 cm³/mol. The van der Waals surface area contributed by atoms with E-state index in [9.17, 15) is 9.18 Å². The number of hydrogen-bond donors (Lipinski definition) is 1. The topological polar surface area (TPSA) is 42.0 Å². The third kappa shape index (κ3) is 2.86. The third-order valence-corrected chi connectivity index (χ3v) is 3.79. The van der Waals surface area contributed by atoms with Crippen LogP contribution < -0.4 is 5.32 Å². The number of pyridine rings is 1. The molecule has 0 spiro atoms. The molecule has 1 aromatic heterocycles. The lowest BCUT2D eigenvalue weighted by Gasteiger charge is -2.37. The fourth-order valence-corrected chi connectivity index (χ4v) is 2.67. The molecular weight excluding hydrogens is 231 g/mol. The zero-order valence-corrected chi connectivity index (χ0v) is 10.9. The first-order valence-corrected chi connectivity index (χ1v) is 6.42. The van der Waals surface area contributed by atoms with E-state index in [4.69, 9.17) is 0 Å². The van der Waals surface area contributed by atoms with Gasteiger partial charge < -0.3 is 5.32 Å². The van der Waals surface area contributed by atoms with E-state index in [1.54, 1.807) is 12.1 Å². The van der Waals surface area contributed by atoms with Crippen molar-refractivity contribution in [2.24, 2.45) is 11.3 Å². The van der Waals surface area contributed by atoms with Crippen LogP contribution in [0.5, 0.6) is 0 Å². The molecule has 18 heavy (non-hydrogen) atoms. The van der Waals surface area contributed by atoms with E-state index in [1.165, 1.54) is 12.5 Å². The molecule has 1 saturated carbocycles. The van der Waals surface area contributed by atoms with E-state index < -0.39 is 5.95 Å². The summed E-state index contributed by atoms with van der Waals surface area (Å²) in [7, 11) is 0. The minimum atomic E-state index is -0.573. The normalized spacial score (nSPS) is 22.5. The predicted octanol–water partition coefficient (Wildman–Crippen LogP) is 3.38. The van der Waals surface area contributed by atoms with E-state index in [-0.39, 0.29) is 17.2 Å². The Morgan fingerprint density at radius 2 is 2.22 bits per heavy atom. The Morgan fingerprint density at radius 3 is 2.89 bits per heavy atom. The van der Waals surface area contributed by atoms with Gasteiger partial charge in [0.1, 0.15) is 5.82 Å². The number of halogens is 1. The summed E-state index contributed by atoms with van der Waals surface area (Å²) in [6.07, 6.45) is 4.21. The van der Waals surface area contributed by atoms with Gasteiger partial charge in [0.2, 0.25) is 11.9 Å². The zero-order valence-electron chi connectivity index (χ0n) is 10.9. The van der Waals surface area contributed by atoms with Gasteiger partial charge in [-0.3, -0.25) is 4.79 Å². The average molecular weight is 250 g/mol. The molecular formula is C14H19FN2O. The zero-order chi connectivity index (χ0) is 13.2. The first-order valence-electron chi connectivity index (χ1n) is 6.42. The quantitative estimate of drug-likeness (QED) is 0.818. The summed E-state index contributed by atoms with van der Waals surface area (Å²) in [4.78, 5) is 15.9. The molecule has 1 amide bonds. The van der Waals surface area contributed by atoms with E-state index in [1.807, 2.05) is 0 Å². The van der Waals surface area contributed by atoms with E-state index in [0.29, 0.717) is 5.82 Å². The molecule has 98 valence electrons. The van der Waals surface area contributed by atoms with Crippen molar-refractivity contribution in [2.75, 3.05) is 5.32 Å². The number of nitrogens with zero attached hydrogens (tertiary/aromatic N) is 1. The molecule has 1 N–H and O–H groups in total. The van der Waals surface area contributed by atoms with Crippen molar-refractivity contribution < 1.29 is 9.18 Å². The van der Waals surface area contributed by atoms with Crippen LogP contribution in [-0.2, 0) is 4.79 Å². The number of carbonyl (C=O) groups excluding carboxylic acids is 1. The molecule has 1 unspecified atom stereocenters. The van der Waals surface area contributed by atoms with Crippen molar-refractivity contribution in [3.63, 3.8) is 0 Å². The third-order valence-electron chi connectivity index (χ3n) is 3.79. The van der Waals surface area contributed by atoms with Gasteiger partial charge >= 0.3 is 0 Å². The second-order valence-corrected chi connectivity index (χ2v) is 5.62. The van der Waals surface area contributed by atoms with Crippen LogP contribution in [0.1, 0.15) is 39.5 Å². The van der Waals surface area contributed by atoms with Gasteiger partial charge in [-0.25, -0.2) is 4.98 Å². The smallest absolute Gasteiger partial charge is 0.229 e. The minimum absolute atomic E-state index is 0.00958. The van der Waals surface area contributed by atoms with Crippen LogP contribution in [0, 0.1) is 17.3 Å². The summed E-state index contributed by atoms with van der Waals surface area (Å²) in [5.74, 6) is -0.341. The second-order valence-electron chi connectivity index (χ2n) is 5.62. The molecule has 0 radical (unpaired) electrons. The molecule has 1 heterocycles. The maximum atomic E-state index is 12.9. The highest BCUT2D eigenvalue weighted by molar-refractivity contribution is 5.92. The Balaban J connectivity index is 2.07. The fourth-order valence-electron chi connectivity index (χ4n) is 2.67. The lowest BCUT2D eigenvalue weighted by Crippen LogP contribution is -2.37. The molecule has 0 aromatic carbocycles. The summed E-state index contributed by atoms with van der Waals surface area (Å²) in [5, 5.41) is 2.72. The number of carbonyl (C=O) groups is 1. The average Bonchev–Trinajstić information content (AvgIpc) is 2.28. The van der Waals surface area contributed by atoms with Crippen LogP contribution in [0.3, 0.4) is 0 Å². The van der Waals surface area contributed by atoms with Gasteiger partial charge in [0.15, 0.2) is 0 Å². The molecule has 1 aromatic rings. The SMILES string of the molecule is CC1(C)CCCCC1C(=O)Nc1cccc(F)n1. The number of nitrogens with one attached hydrogen (secondary N) is 1. The highest BCUT2D eigenvalue weighted by Crippen LogP contribution is 2.40. The Kier molecular flexibility index (Phi) is 3.64. The number of anilines is 1. The summed E-state index contributed by atoms with van der Waals surface area (Å²) in [5.41, 5.74) is 0.00958. The molecule has 1 fully saturated rings. The van der Waals surface area contributed by atoms with Crippen molar-refractivity contribution in [2.45, 2.75) is 39.5 Å². The minimum Gasteiger partial charge on any atom is -0.310 e. The van der Waals surface area contributed by atoms with Crippen molar-refractivity contribution in [3.05, 3.63) is 24.1 Å². The molecule has 2 rings (SSSR count). The molecule has 3 nitrogen and oxygen atoms in total. The standard InChI is InChI=1S/C14H19FN2O/c1-14(2)9-4-3-6-10(14)13(18)17-12-8-5-7-11(15)16-12/h5,7-8,10H,3-4,6,9H2,1-2H3,(H,16,17,18). The van der Waals surface area contributed by atoms with Gasteiger partial charge in [0, 0.05) is 5.92 Å². The maximum Gasteiger partial charge on any atom is 0.229 e. The molecule has 1 aliphatic rings. The highest BCUT2D eigenvalue weighted by atomic mass is 19.1. The van der Waals surface area contributed by atoms with Crippen molar-refractivity contribution in [1.82, 2.24) is 4.98 Å². The number of aromatic nitrogens is 1. The number of rotatable bonds is 2. The molecule has 1 atom stereocenters. The summed E-state index contributed by atoms with van der Waals surface area (Å²) in [6, 6.07) is 4.42. The van der Waals surface area contributed by atoms with Crippen LogP contribution >= 0.6 is 0 Å². The molecule has 0 saturated heterocycles. The maximum absolute atomic E-state index is 12.9. The van der Waals surface area contributed by atoms with Crippen molar-refractivity contribution >= 4 is 11.7 Å². The van der Waals surface area contributed by atoms with Crippen LogP contribution in [0.15, 0.2) is 18.2 Å².